The summed E-state index contributed by atoms with van der Waals surface area (Å²) in [6.45, 7) is 4.04. The third-order valence-electron chi connectivity index (χ3n) is 1.22. The second-order valence-corrected chi connectivity index (χ2v) is 2.55. The molecule has 0 fully saturated rings. The molecule has 50 valence electrons. The summed E-state index contributed by atoms with van der Waals surface area (Å²) in [6.07, 6.45) is 0. The number of rotatable bonds is 1. The molecule has 0 N–H and O–H groups in total. The van der Waals surface area contributed by atoms with Gasteiger partial charge >= 0.3 is 0 Å². The van der Waals surface area contributed by atoms with Gasteiger partial charge in [-0.25, -0.2) is 0 Å². The maximum absolute atomic E-state index is 4.20. The highest BCUT2D eigenvalue weighted by Crippen LogP contribution is 2.02. The first-order chi connectivity index (χ1) is 4.24. The van der Waals surface area contributed by atoms with Crippen LogP contribution in [0.2, 0.25) is 0 Å². The molecule has 0 unspecified atom stereocenters. The molecule has 0 spiro atoms. The van der Waals surface area contributed by atoms with Gasteiger partial charge in [-0.1, -0.05) is 15.9 Å². The molecule has 0 saturated heterocycles. The quantitative estimate of drug-likeness (QED) is 0.616. The fourth-order valence-electron chi connectivity index (χ4n) is 0.796. The molecule has 0 aliphatic rings. The number of nitrogens with zero attached hydrogens (tertiary/aromatic N) is 2. The predicted octanol–water partition coefficient (Wildman–Crippen LogP) is 1.85. The molecule has 0 bridgehead atoms. The van der Waals surface area contributed by atoms with Gasteiger partial charge in [0.25, 0.3) is 0 Å². The van der Waals surface area contributed by atoms with Crippen LogP contribution in [0.5, 0.6) is 0 Å². The van der Waals surface area contributed by atoms with Crippen LogP contribution in [0.25, 0.3) is 0 Å². The summed E-state index contributed by atoms with van der Waals surface area (Å²) in [6, 6.07) is 2.06. The molecule has 0 aliphatic heterocycles. The van der Waals surface area contributed by atoms with Crippen molar-refractivity contribution in [2.75, 3.05) is 0 Å². The van der Waals surface area contributed by atoms with Crippen LogP contribution < -0.4 is 0 Å². The maximum Gasteiger partial charge on any atom is 0.0962 e. The van der Waals surface area contributed by atoms with Crippen molar-refractivity contribution >= 4 is 15.9 Å². The zero-order valence-electron chi connectivity index (χ0n) is 5.56. The lowest BCUT2D eigenvalue weighted by molar-refractivity contribution is 0.723. The minimum absolute atomic E-state index is 0.784. The first kappa shape index (κ1) is 6.81. The predicted molar refractivity (Wildman–Crippen MR) is 40.6 cm³/mol. The monoisotopic (exact) mass is 188 g/mol. The maximum atomic E-state index is 4.20. The molecule has 0 aromatic carbocycles. The average molecular weight is 189 g/mol. The Morgan fingerprint density at radius 2 is 2.33 bits per heavy atom. The molecule has 1 aromatic heterocycles. The number of hydrogen-bond donors (Lipinski definition) is 0. The van der Waals surface area contributed by atoms with Crippen LogP contribution in [0.3, 0.4) is 0 Å². The summed E-state index contributed by atoms with van der Waals surface area (Å²) in [7, 11) is 0. The minimum Gasteiger partial charge on any atom is -0.259 e. The van der Waals surface area contributed by atoms with Gasteiger partial charge in [0.1, 0.15) is 0 Å². The van der Waals surface area contributed by atoms with Crippen molar-refractivity contribution in [3.63, 3.8) is 0 Å². The highest BCUT2D eigenvalue weighted by atomic mass is 79.9. The zero-order chi connectivity index (χ0) is 6.85. The standard InChI is InChI=1S/C6H9BrN2/c1-5-3-6(2)9(4-7)8-5/h3H,4H2,1-2H3. The van der Waals surface area contributed by atoms with E-state index in [2.05, 4.69) is 27.1 Å². The molecule has 2 nitrogen and oxygen atoms in total. The van der Waals surface area contributed by atoms with Crippen LogP contribution in [0.15, 0.2) is 6.07 Å². The van der Waals surface area contributed by atoms with Crippen LogP contribution >= 0.6 is 15.9 Å². The number of alkyl halides is 1. The van der Waals surface area contributed by atoms with Crippen molar-refractivity contribution in [2.24, 2.45) is 0 Å². The van der Waals surface area contributed by atoms with Gasteiger partial charge in [0.15, 0.2) is 0 Å². The second-order valence-electron chi connectivity index (χ2n) is 2.05. The summed E-state index contributed by atoms with van der Waals surface area (Å²) >= 11 is 3.32. The lowest BCUT2D eigenvalue weighted by Crippen LogP contribution is -1.95. The molecule has 1 rings (SSSR count). The molecule has 0 saturated carbocycles. The lowest BCUT2D eigenvalue weighted by Gasteiger charge is -1.93. The Morgan fingerprint density at radius 1 is 1.67 bits per heavy atom. The molecule has 1 heterocycles. The van der Waals surface area contributed by atoms with Gasteiger partial charge in [0, 0.05) is 5.69 Å². The average Bonchev–Trinajstić information content (AvgIpc) is 2.10. The molecule has 0 radical (unpaired) electrons. The van der Waals surface area contributed by atoms with Crippen LogP contribution in [-0.2, 0) is 5.45 Å². The first-order valence-corrected chi connectivity index (χ1v) is 3.93. The van der Waals surface area contributed by atoms with Crippen molar-refractivity contribution in [1.82, 2.24) is 9.78 Å². The van der Waals surface area contributed by atoms with Crippen LogP contribution in [-0.4, -0.2) is 9.78 Å². The van der Waals surface area contributed by atoms with E-state index in [-0.39, 0.29) is 0 Å². The Morgan fingerprint density at radius 3 is 2.56 bits per heavy atom. The van der Waals surface area contributed by atoms with Crippen LogP contribution in [0.1, 0.15) is 11.4 Å². The van der Waals surface area contributed by atoms with Gasteiger partial charge in [-0.15, -0.1) is 0 Å². The summed E-state index contributed by atoms with van der Waals surface area (Å²) in [4.78, 5) is 0. The van der Waals surface area contributed by atoms with Crippen molar-refractivity contribution in [3.8, 4) is 0 Å². The number of aryl methyl sites for hydroxylation is 2. The van der Waals surface area contributed by atoms with E-state index in [1.807, 2.05) is 18.5 Å². The summed E-state index contributed by atoms with van der Waals surface area (Å²) in [5.74, 6) is 0. The summed E-state index contributed by atoms with van der Waals surface area (Å²) in [5, 5.41) is 4.20. The fourth-order valence-corrected chi connectivity index (χ4v) is 1.30. The zero-order valence-corrected chi connectivity index (χ0v) is 7.14. The van der Waals surface area contributed by atoms with Gasteiger partial charge in [0.05, 0.1) is 11.1 Å². The number of aromatic nitrogens is 2. The van der Waals surface area contributed by atoms with E-state index in [9.17, 15) is 0 Å². The van der Waals surface area contributed by atoms with Gasteiger partial charge in [-0.05, 0) is 19.9 Å². The van der Waals surface area contributed by atoms with Crippen molar-refractivity contribution in [3.05, 3.63) is 17.5 Å². The smallest absolute Gasteiger partial charge is 0.0962 e. The molecule has 1 aromatic rings. The lowest BCUT2D eigenvalue weighted by atomic mass is 10.4. The molecule has 3 heteroatoms. The van der Waals surface area contributed by atoms with Gasteiger partial charge in [0.2, 0.25) is 0 Å². The van der Waals surface area contributed by atoms with E-state index >= 15 is 0 Å². The number of halogens is 1. The minimum atomic E-state index is 0.784. The van der Waals surface area contributed by atoms with E-state index in [0.717, 1.165) is 11.1 Å². The third-order valence-corrected chi connectivity index (χ3v) is 1.69. The van der Waals surface area contributed by atoms with Crippen LogP contribution in [0, 0.1) is 13.8 Å². The Balaban J connectivity index is 3.01. The fraction of sp³-hybridized carbons (Fsp3) is 0.500. The molecule has 9 heavy (non-hydrogen) atoms. The van der Waals surface area contributed by atoms with Crippen molar-refractivity contribution in [2.45, 2.75) is 19.3 Å². The van der Waals surface area contributed by atoms with E-state index in [1.165, 1.54) is 5.69 Å². The van der Waals surface area contributed by atoms with E-state index < -0.39 is 0 Å². The molecular weight excluding hydrogens is 180 g/mol. The molecule has 0 aliphatic carbocycles. The topological polar surface area (TPSA) is 17.8 Å². The Labute approximate surface area is 63.0 Å². The highest BCUT2D eigenvalue weighted by molar-refractivity contribution is 9.08. The van der Waals surface area contributed by atoms with E-state index in [4.69, 9.17) is 0 Å². The Hall–Kier alpha value is -0.310. The van der Waals surface area contributed by atoms with Gasteiger partial charge < -0.3 is 0 Å². The molecule has 0 atom stereocenters. The summed E-state index contributed by atoms with van der Waals surface area (Å²) < 4.78 is 1.91. The van der Waals surface area contributed by atoms with Gasteiger partial charge in [-0.3, -0.25) is 4.68 Å². The SMILES string of the molecule is Cc1cc(C)n(CBr)n1. The Bertz CT molecular complexity index is 205. The largest absolute Gasteiger partial charge is 0.259 e. The van der Waals surface area contributed by atoms with E-state index in [0.29, 0.717) is 0 Å². The normalized spacial score (nSPS) is 10.1. The number of hydrogen-bond acceptors (Lipinski definition) is 1. The molecule has 0 amide bonds. The highest BCUT2D eigenvalue weighted by Gasteiger charge is 1.95. The van der Waals surface area contributed by atoms with Crippen molar-refractivity contribution < 1.29 is 0 Å². The summed E-state index contributed by atoms with van der Waals surface area (Å²) in [5.41, 5.74) is 3.06. The van der Waals surface area contributed by atoms with E-state index in [1.54, 1.807) is 0 Å². The van der Waals surface area contributed by atoms with Crippen molar-refractivity contribution in [1.29, 1.82) is 0 Å². The van der Waals surface area contributed by atoms with Crippen LogP contribution in [0.4, 0.5) is 0 Å². The van der Waals surface area contributed by atoms with Gasteiger partial charge in [-0.2, -0.15) is 5.10 Å². The third kappa shape index (κ3) is 1.33. The first-order valence-electron chi connectivity index (χ1n) is 2.81. The second kappa shape index (κ2) is 2.52. The molecular formula is C6H9BrN2. The Kier molecular flexibility index (Phi) is 1.90.